The Morgan fingerprint density at radius 2 is 2.10 bits per heavy atom. The van der Waals surface area contributed by atoms with Crippen LogP contribution in [0.5, 0.6) is 5.75 Å². The van der Waals surface area contributed by atoms with Crippen LogP contribution in [-0.4, -0.2) is 32.6 Å². The molecule has 1 unspecified atom stereocenters. The van der Waals surface area contributed by atoms with Crippen LogP contribution in [0.3, 0.4) is 0 Å². The highest BCUT2D eigenvalue weighted by molar-refractivity contribution is 7.89. The maximum Gasteiger partial charge on any atom is 0.341 e. The monoisotopic (exact) mass is 299 g/mol. The van der Waals surface area contributed by atoms with Crippen molar-refractivity contribution < 1.29 is 23.1 Å². The number of esters is 1. The quantitative estimate of drug-likeness (QED) is 0.798. The van der Waals surface area contributed by atoms with Crippen LogP contribution in [0.25, 0.3) is 0 Å². The third-order valence-corrected chi connectivity index (χ3v) is 4.91. The summed E-state index contributed by atoms with van der Waals surface area (Å²) >= 11 is 0. The first-order valence-corrected chi connectivity index (χ1v) is 7.77. The Labute approximate surface area is 117 Å². The van der Waals surface area contributed by atoms with Gasteiger partial charge in [-0.05, 0) is 43.9 Å². The number of hydrogen-bond donors (Lipinski definition) is 2. The van der Waals surface area contributed by atoms with Gasteiger partial charge in [-0.1, -0.05) is 0 Å². The molecule has 20 heavy (non-hydrogen) atoms. The smallest absolute Gasteiger partial charge is 0.341 e. The van der Waals surface area contributed by atoms with Crippen molar-refractivity contribution in [3.63, 3.8) is 0 Å². The molecule has 0 heterocycles. The van der Waals surface area contributed by atoms with Crippen LogP contribution in [0.4, 0.5) is 0 Å². The van der Waals surface area contributed by atoms with Crippen LogP contribution < -0.4 is 4.72 Å². The molecule has 0 radical (unpaired) electrons. The molecule has 1 aromatic carbocycles. The maximum atomic E-state index is 12.2. The lowest BCUT2D eigenvalue weighted by atomic mass is 10.2. The number of hydrogen-bond acceptors (Lipinski definition) is 5. The van der Waals surface area contributed by atoms with E-state index < -0.39 is 16.0 Å². The normalized spacial score (nSPS) is 16.7. The number of methoxy groups -OCH3 is 1. The van der Waals surface area contributed by atoms with E-state index >= 15 is 0 Å². The van der Waals surface area contributed by atoms with Gasteiger partial charge in [-0.15, -0.1) is 0 Å². The lowest BCUT2D eigenvalue weighted by Crippen LogP contribution is -2.34. The number of benzene rings is 1. The van der Waals surface area contributed by atoms with Crippen molar-refractivity contribution in [2.45, 2.75) is 30.7 Å². The predicted molar refractivity (Wildman–Crippen MR) is 72.0 cm³/mol. The van der Waals surface area contributed by atoms with Crippen LogP contribution in [0, 0.1) is 5.92 Å². The number of carbonyl (C=O) groups excluding carboxylic acids is 1. The Morgan fingerprint density at radius 1 is 1.45 bits per heavy atom. The van der Waals surface area contributed by atoms with Crippen LogP contribution >= 0.6 is 0 Å². The molecule has 110 valence electrons. The third kappa shape index (κ3) is 3.10. The minimum absolute atomic E-state index is 0.0665. The van der Waals surface area contributed by atoms with Gasteiger partial charge in [0, 0.05) is 6.04 Å². The van der Waals surface area contributed by atoms with E-state index in [4.69, 9.17) is 0 Å². The Kier molecular flexibility index (Phi) is 4.01. The Balaban J connectivity index is 2.29. The average molecular weight is 299 g/mol. The van der Waals surface area contributed by atoms with Gasteiger partial charge < -0.3 is 9.84 Å². The first-order valence-electron chi connectivity index (χ1n) is 6.29. The minimum atomic E-state index is -3.71. The molecule has 6 nitrogen and oxygen atoms in total. The molecule has 0 saturated heterocycles. The molecule has 1 aliphatic carbocycles. The molecule has 1 saturated carbocycles. The standard InChI is InChI=1S/C13H17NO5S/c1-8(9-3-4-9)14-20(17,18)10-5-6-12(15)11(7-10)13(16)19-2/h5-9,14-15H,3-4H2,1-2H3. The Hall–Kier alpha value is -1.60. The fourth-order valence-electron chi connectivity index (χ4n) is 1.96. The van der Waals surface area contributed by atoms with E-state index in [0.29, 0.717) is 5.92 Å². The molecule has 1 atom stereocenters. The minimum Gasteiger partial charge on any atom is -0.507 e. The summed E-state index contributed by atoms with van der Waals surface area (Å²) in [5, 5.41) is 9.57. The Morgan fingerprint density at radius 3 is 2.65 bits per heavy atom. The van der Waals surface area contributed by atoms with E-state index in [2.05, 4.69) is 9.46 Å². The van der Waals surface area contributed by atoms with Crippen molar-refractivity contribution >= 4 is 16.0 Å². The second-order valence-electron chi connectivity index (χ2n) is 4.92. The molecule has 2 rings (SSSR count). The van der Waals surface area contributed by atoms with E-state index in [1.54, 1.807) is 0 Å². The number of sulfonamides is 1. The van der Waals surface area contributed by atoms with Crippen LogP contribution in [0.15, 0.2) is 23.1 Å². The molecular weight excluding hydrogens is 282 g/mol. The molecule has 0 spiro atoms. The molecule has 1 fully saturated rings. The molecular formula is C13H17NO5S. The summed E-state index contributed by atoms with van der Waals surface area (Å²) < 4.78 is 31.5. The predicted octanol–water partition coefficient (Wildman–Crippen LogP) is 1.26. The van der Waals surface area contributed by atoms with Crippen molar-refractivity contribution in [3.05, 3.63) is 23.8 Å². The number of rotatable bonds is 5. The molecule has 0 bridgehead atoms. The highest BCUT2D eigenvalue weighted by Crippen LogP contribution is 2.33. The lowest BCUT2D eigenvalue weighted by molar-refractivity contribution is 0.0597. The maximum absolute atomic E-state index is 12.2. The first-order chi connectivity index (χ1) is 9.35. The highest BCUT2D eigenvalue weighted by Gasteiger charge is 2.31. The summed E-state index contributed by atoms with van der Waals surface area (Å²) in [6, 6.07) is 3.39. The van der Waals surface area contributed by atoms with Gasteiger partial charge in [0.1, 0.15) is 11.3 Å². The number of phenolic OH excluding ortho intramolecular Hbond substituents is 1. The van der Waals surface area contributed by atoms with Gasteiger partial charge in [0.2, 0.25) is 10.0 Å². The zero-order chi connectivity index (χ0) is 14.9. The molecule has 1 aliphatic rings. The van der Waals surface area contributed by atoms with Gasteiger partial charge in [0.15, 0.2) is 0 Å². The summed E-state index contributed by atoms with van der Waals surface area (Å²) in [4.78, 5) is 11.4. The molecule has 7 heteroatoms. The van der Waals surface area contributed by atoms with E-state index in [9.17, 15) is 18.3 Å². The molecule has 0 amide bonds. The Bertz CT molecular complexity index is 622. The summed E-state index contributed by atoms with van der Waals surface area (Å²) in [5.74, 6) is -0.720. The van der Waals surface area contributed by atoms with E-state index in [1.165, 1.54) is 12.1 Å². The fourth-order valence-corrected chi connectivity index (χ4v) is 3.30. The molecule has 1 aromatic rings. The van der Waals surface area contributed by atoms with Crippen molar-refractivity contribution in [1.82, 2.24) is 4.72 Å². The highest BCUT2D eigenvalue weighted by atomic mass is 32.2. The van der Waals surface area contributed by atoms with Gasteiger partial charge in [-0.2, -0.15) is 0 Å². The third-order valence-electron chi connectivity index (χ3n) is 3.35. The number of carbonyl (C=O) groups is 1. The number of phenols is 1. The lowest BCUT2D eigenvalue weighted by Gasteiger charge is -2.14. The zero-order valence-electron chi connectivity index (χ0n) is 11.3. The van der Waals surface area contributed by atoms with Crippen molar-refractivity contribution in [2.75, 3.05) is 7.11 Å². The molecule has 0 aromatic heterocycles. The second-order valence-corrected chi connectivity index (χ2v) is 6.63. The average Bonchev–Trinajstić information content (AvgIpc) is 3.21. The topological polar surface area (TPSA) is 92.7 Å². The summed E-state index contributed by atoms with van der Waals surface area (Å²) in [6.45, 7) is 1.82. The van der Waals surface area contributed by atoms with Crippen molar-refractivity contribution in [3.8, 4) is 5.75 Å². The first kappa shape index (κ1) is 14.8. The largest absolute Gasteiger partial charge is 0.507 e. The van der Waals surface area contributed by atoms with Crippen LogP contribution in [0.2, 0.25) is 0 Å². The second kappa shape index (κ2) is 5.41. The number of nitrogens with one attached hydrogen (secondary N) is 1. The number of ether oxygens (including phenoxy) is 1. The fraction of sp³-hybridized carbons (Fsp3) is 0.462. The van der Waals surface area contributed by atoms with Crippen molar-refractivity contribution in [2.24, 2.45) is 5.92 Å². The zero-order valence-corrected chi connectivity index (χ0v) is 12.1. The summed E-state index contributed by atoms with van der Waals surface area (Å²) in [5.41, 5.74) is -0.172. The van der Waals surface area contributed by atoms with Crippen LogP contribution in [0.1, 0.15) is 30.1 Å². The van der Waals surface area contributed by atoms with Gasteiger partial charge in [-0.25, -0.2) is 17.9 Å². The number of aromatic hydroxyl groups is 1. The van der Waals surface area contributed by atoms with E-state index in [0.717, 1.165) is 26.0 Å². The molecule has 2 N–H and O–H groups in total. The summed E-state index contributed by atoms with van der Waals surface area (Å²) in [7, 11) is -2.55. The van der Waals surface area contributed by atoms with Crippen LogP contribution in [-0.2, 0) is 14.8 Å². The van der Waals surface area contributed by atoms with Crippen molar-refractivity contribution in [1.29, 1.82) is 0 Å². The van der Waals surface area contributed by atoms with Gasteiger partial charge in [0.25, 0.3) is 0 Å². The SMILES string of the molecule is COC(=O)c1cc(S(=O)(=O)NC(C)C2CC2)ccc1O. The van der Waals surface area contributed by atoms with Gasteiger partial charge >= 0.3 is 5.97 Å². The van der Waals surface area contributed by atoms with E-state index in [1.807, 2.05) is 6.92 Å². The van der Waals surface area contributed by atoms with Gasteiger partial charge in [-0.3, -0.25) is 0 Å². The summed E-state index contributed by atoms with van der Waals surface area (Å²) in [6.07, 6.45) is 2.04. The molecule has 0 aliphatic heterocycles. The van der Waals surface area contributed by atoms with Gasteiger partial charge in [0.05, 0.1) is 12.0 Å². The van der Waals surface area contributed by atoms with E-state index in [-0.39, 0.29) is 22.3 Å².